The van der Waals surface area contributed by atoms with Crippen molar-refractivity contribution < 1.29 is 14.3 Å². The Kier molecular flexibility index (Phi) is 4.67. The molecule has 1 amide bonds. The van der Waals surface area contributed by atoms with Crippen LogP contribution in [0.3, 0.4) is 0 Å². The van der Waals surface area contributed by atoms with E-state index in [2.05, 4.69) is 20.9 Å². The predicted octanol–water partition coefficient (Wildman–Crippen LogP) is -0.375. The second kappa shape index (κ2) is 6.47. The molecule has 0 aromatic carbocycles. The number of carbonyl (C=O) groups excluding carboxylic acids is 2. The van der Waals surface area contributed by atoms with Gasteiger partial charge in [-0.2, -0.15) is 0 Å². The van der Waals surface area contributed by atoms with E-state index in [9.17, 15) is 9.59 Å². The van der Waals surface area contributed by atoms with E-state index in [4.69, 9.17) is 4.74 Å². The summed E-state index contributed by atoms with van der Waals surface area (Å²) in [6, 6.07) is -0.0199. The Morgan fingerprint density at radius 3 is 2.95 bits per heavy atom. The topological polar surface area (TPSA) is 98.1 Å². The third-order valence-corrected chi connectivity index (χ3v) is 3.21. The van der Waals surface area contributed by atoms with Crippen LogP contribution in [-0.4, -0.2) is 47.1 Å². The average molecular weight is 281 g/mol. The molecule has 0 bridgehead atoms. The van der Waals surface area contributed by atoms with Gasteiger partial charge in [-0.3, -0.25) is 4.79 Å². The monoisotopic (exact) mass is 281 g/mol. The minimum Gasteiger partial charge on any atom is -0.464 e. The smallest absolute Gasteiger partial charge is 0.360 e. The van der Waals surface area contributed by atoms with Crippen LogP contribution in [0.5, 0.6) is 0 Å². The molecular weight excluding hydrogens is 262 g/mol. The number of ether oxygens (including phenoxy) is 1. The molecule has 0 radical (unpaired) electrons. The molecule has 110 valence electrons. The number of hydrogen-bond acceptors (Lipinski definition) is 6. The number of likely N-dealkylation sites (N-methyl/N-ethyl adjacent to an activating group) is 1. The van der Waals surface area contributed by atoms with Crippen LogP contribution in [0, 0.1) is 0 Å². The minimum absolute atomic E-state index is 0.0199. The van der Waals surface area contributed by atoms with Gasteiger partial charge in [0.15, 0.2) is 5.69 Å². The fourth-order valence-electron chi connectivity index (χ4n) is 2.33. The molecule has 8 nitrogen and oxygen atoms in total. The SMILES string of the molecule is CCNC(=O)Cn1nnc(C(=O)OC)c1C1CCCN1. The van der Waals surface area contributed by atoms with Crippen molar-refractivity contribution in [1.82, 2.24) is 25.6 Å². The highest BCUT2D eigenvalue weighted by molar-refractivity contribution is 5.88. The van der Waals surface area contributed by atoms with Crippen molar-refractivity contribution in [3.63, 3.8) is 0 Å². The molecule has 20 heavy (non-hydrogen) atoms. The zero-order valence-electron chi connectivity index (χ0n) is 11.7. The maximum atomic E-state index is 11.7. The number of aromatic nitrogens is 3. The number of amides is 1. The second-order valence-electron chi connectivity index (χ2n) is 4.57. The van der Waals surface area contributed by atoms with Gasteiger partial charge in [-0.25, -0.2) is 9.48 Å². The van der Waals surface area contributed by atoms with Gasteiger partial charge in [0.25, 0.3) is 0 Å². The normalized spacial score (nSPS) is 18.0. The van der Waals surface area contributed by atoms with Crippen LogP contribution in [0.25, 0.3) is 0 Å². The Morgan fingerprint density at radius 2 is 2.35 bits per heavy atom. The van der Waals surface area contributed by atoms with Crippen molar-refractivity contribution in [2.24, 2.45) is 0 Å². The molecular formula is C12H19N5O3. The lowest BCUT2D eigenvalue weighted by Crippen LogP contribution is -2.30. The summed E-state index contributed by atoms with van der Waals surface area (Å²) in [5.41, 5.74) is 0.803. The molecule has 1 aliphatic rings. The summed E-state index contributed by atoms with van der Waals surface area (Å²) >= 11 is 0. The second-order valence-corrected chi connectivity index (χ2v) is 4.57. The molecule has 1 aromatic heterocycles. The lowest BCUT2D eigenvalue weighted by molar-refractivity contribution is -0.121. The van der Waals surface area contributed by atoms with Crippen LogP contribution in [0.4, 0.5) is 0 Å². The highest BCUT2D eigenvalue weighted by Crippen LogP contribution is 2.25. The Hall–Kier alpha value is -1.96. The third kappa shape index (κ3) is 2.96. The van der Waals surface area contributed by atoms with Crippen molar-refractivity contribution in [2.75, 3.05) is 20.2 Å². The van der Waals surface area contributed by atoms with Crippen LogP contribution in [0.2, 0.25) is 0 Å². The van der Waals surface area contributed by atoms with Gasteiger partial charge in [0.1, 0.15) is 6.54 Å². The predicted molar refractivity (Wildman–Crippen MR) is 70.0 cm³/mol. The van der Waals surface area contributed by atoms with E-state index in [-0.39, 0.29) is 24.2 Å². The molecule has 1 unspecified atom stereocenters. The number of nitrogens with zero attached hydrogens (tertiary/aromatic N) is 3. The molecule has 0 spiro atoms. The van der Waals surface area contributed by atoms with E-state index in [0.717, 1.165) is 19.4 Å². The summed E-state index contributed by atoms with van der Waals surface area (Å²) in [4.78, 5) is 23.4. The first-order valence-corrected chi connectivity index (χ1v) is 6.69. The van der Waals surface area contributed by atoms with E-state index in [1.807, 2.05) is 6.92 Å². The molecule has 1 aliphatic heterocycles. The fourth-order valence-corrected chi connectivity index (χ4v) is 2.33. The summed E-state index contributed by atoms with van der Waals surface area (Å²) in [5, 5.41) is 13.8. The molecule has 2 heterocycles. The molecule has 8 heteroatoms. The van der Waals surface area contributed by atoms with Crippen molar-refractivity contribution in [1.29, 1.82) is 0 Å². The van der Waals surface area contributed by atoms with Gasteiger partial charge < -0.3 is 15.4 Å². The van der Waals surface area contributed by atoms with Crippen LogP contribution in [-0.2, 0) is 16.1 Å². The Bertz CT molecular complexity index is 493. The van der Waals surface area contributed by atoms with Crippen LogP contribution in [0.15, 0.2) is 0 Å². The molecule has 2 N–H and O–H groups in total. The van der Waals surface area contributed by atoms with Crippen molar-refractivity contribution >= 4 is 11.9 Å². The summed E-state index contributed by atoms with van der Waals surface area (Å²) < 4.78 is 6.19. The van der Waals surface area contributed by atoms with E-state index >= 15 is 0 Å². The lowest BCUT2D eigenvalue weighted by atomic mass is 10.1. The minimum atomic E-state index is -0.532. The first-order valence-electron chi connectivity index (χ1n) is 6.69. The maximum absolute atomic E-state index is 11.7. The van der Waals surface area contributed by atoms with Gasteiger partial charge in [-0.1, -0.05) is 5.21 Å². The van der Waals surface area contributed by atoms with E-state index in [0.29, 0.717) is 12.2 Å². The third-order valence-electron chi connectivity index (χ3n) is 3.21. The molecule has 2 rings (SSSR count). The van der Waals surface area contributed by atoms with Gasteiger partial charge >= 0.3 is 5.97 Å². The summed E-state index contributed by atoms with van der Waals surface area (Å²) in [7, 11) is 1.30. The van der Waals surface area contributed by atoms with Crippen molar-refractivity contribution in [2.45, 2.75) is 32.4 Å². The number of nitrogens with one attached hydrogen (secondary N) is 2. The summed E-state index contributed by atoms with van der Waals surface area (Å²) in [6.07, 6.45) is 1.89. The number of carbonyl (C=O) groups is 2. The summed E-state index contributed by atoms with van der Waals surface area (Å²) in [5.74, 6) is -0.691. The largest absolute Gasteiger partial charge is 0.464 e. The van der Waals surface area contributed by atoms with Gasteiger partial charge in [-0.15, -0.1) is 5.10 Å². The van der Waals surface area contributed by atoms with Crippen LogP contribution < -0.4 is 10.6 Å². The summed E-state index contributed by atoms with van der Waals surface area (Å²) in [6.45, 7) is 3.32. The standard InChI is InChI=1S/C12H19N5O3/c1-3-13-9(18)7-17-11(8-5-4-6-14-8)10(15-16-17)12(19)20-2/h8,14H,3-7H2,1-2H3,(H,13,18). The molecule has 0 saturated carbocycles. The lowest BCUT2D eigenvalue weighted by Gasteiger charge is -2.13. The number of methoxy groups -OCH3 is 1. The van der Waals surface area contributed by atoms with Crippen LogP contribution in [0.1, 0.15) is 42.0 Å². The Morgan fingerprint density at radius 1 is 1.55 bits per heavy atom. The highest BCUT2D eigenvalue weighted by atomic mass is 16.5. The molecule has 0 aliphatic carbocycles. The molecule has 1 atom stereocenters. The van der Waals surface area contributed by atoms with E-state index in [1.54, 1.807) is 0 Å². The number of esters is 1. The van der Waals surface area contributed by atoms with Crippen molar-refractivity contribution in [3.05, 3.63) is 11.4 Å². The maximum Gasteiger partial charge on any atom is 0.360 e. The van der Waals surface area contributed by atoms with Gasteiger partial charge in [-0.05, 0) is 26.3 Å². The zero-order valence-corrected chi connectivity index (χ0v) is 11.7. The number of hydrogen-bond donors (Lipinski definition) is 2. The Balaban J connectivity index is 2.28. The number of rotatable bonds is 5. The van der Waals surface area contributed by atoms with E-state index < -0.39 is 5.97 Å². The first-order chi connectivity index (χ1) is 9.67. The first kappa shape index (κ1) is 14.4. The van der Waals surface area contributed by atoms with E-state index in [1.165, 1.54) is 11.8 Å². The molecule has 1 saturated heterocycles. The van der Waals surface area contributed by atoms with Gasteiger partial charge in [0.2, 0.25) is 5.91 Å². The molecule has 1 fully saturated rings. The quantitative estimate of drug-likeness (QED) is 0.714. The Labute approximate surface area is 116 Å². The highest BCUT2D eigenvalue weighted by Gasteiger charge is 2.29. The van der Waals surface area contributed by atoms with Crippen LogP contribution >= 0.6 is 0 Å². The fraction of sp³-hybridized carbons (Fsp3) is 0.667. The van der Waals surface area contributed by atoms with Crippen molar-refractivity contribution in [3.8, 4) is 0 Å². The average Bonchev–Trinajstić information content (AvgIpc) is 3.06. The zero-order chi connectivity index (χ0) is 14.5. The molecule has 1 aromatic rings. The van der Waals surface area contributed by atoms with Gasteiger partial charge in [0, 0.05) is 6.54 Å². The van der Waals surface area contributed by atoms with Gasteiger partial charge in [0.05, 0.1) is 18.8 Å².